The third-order valence-electron chi connectivity index (χ3n) is 3.72. The molecule has 2 amide bonds. The van der Waals surface area contributed by atoms with E-state index in [1.807, 2.05) is 0 Å². The topological polar surface area (TPSA) is 98.7 Å². The molecule has 4 N–H and O–H groups in total. The van der Waals surface area contributed by atoms with Crippen LogP contribution in [0.1, 0.15) is 25.8 Å². The number of hydrogen-bond donors (Lipinski definition) is 4. The zero-order chi connectivity index (χ0) is 18.2. The van der Waals surface area contributed by atoms with Crippen molar-refractivity contribution in [3.8, 4) is 0 Å². The van der Waals surface area contributed by atoms with Crippen molar-refractivity contribution in [3.63, 3.8) is 0 Å². The van der Waals surface area contributed by atoms with E-state index in [4.69, 9.17) is 5.11 Å². The molecule has 0 fully saturated rings. The van der Waals surface area contributed by atoms with Crippen molar-refractivity contribution in [1.29, 1.82) is 0 Å². The van der Waals surface area contributed by atoms with Gasteiger partial charge in [-0.2, -0.15) is 0 Å². The van der Waals surface area contributed by atoms with Crippen LogP contribution in [0.4, 0.5) is 4.39 Å². The summed E-state index contributed by atoms with van der Waals surface area (Å²) in [6, 6.07) is 6.29. The van der Waals surface area contributed by atoms with Gasteiger partial charge in [0.2, 0.25) is 11.8 Å². The molecule has 0 aliphatic carbocycles. The van der Waals surface area contributed by atoms with E-state index < -0.39 is 17.4 Å². The lowest BCUT2D eigenvalue weighted by Gasteiger charge is -2.27. The fourth-order valence-corrected chi connectivity index (χ4v) is 1.96. The first-order chi connectivity index (χ1) is 11.3. The van der Waals surface area contributed by atoms with Crippen LogP contribution in [0.15, 0.2) is 24.3 Å². The molecule has 0 saturated carbocycles. The summed E-state index contributed by atoms with van der Waals surface area (Å²) in [5, 5.41) is 24.0. The van der Waals surface area contributed by atoms with Crippen LogP contribution < -0.4 is 10.6 Å². The van der Waals surface area contributed by atoms with Gasteiger partial charge in [-0.15, -0.1) is 0 Å². The molecule has 1 aromatic carbocycles. The summed E-state index contributed by atoms with van der Waals surface area (Å²) < 4.78 is 13.4. The lowest BCUT2D eigenvalue weighted by molar-refractivity contribution is -0.137. The Bertz CT molecular complexity index is 563. The minimum absolute atomic E-state index is 0.148. The molecule has 1 aromatic rings. The number of carbonyl (C=O) groups is 2. The van der Waals surface area contributed by atoms with Crippen molar-refractivity contribution >= 4 is 11.8 Å². The maximum absolute atomic E-state index is 13.4. The standard InChI is InChI=1S/C17H25FN2O4/c1-17(2,11-21)15(23)16(24)20-10-9-19-14(22)8-7-12-5-3-4-6-13(12)18/h3-6,15,21,23H,7-11H2,1-2H3,(H,19,22)(H,20,24)/t15-/m0/s1. The molecule has 0 heterocycles. The Morgan fingerprint density at radius 3 is 2.46 bits per heavy atom. The van der Waals surface area contributed by atoms with Gasteiger partial charge < -0.3 is 20.8 Å². The molecule has 0 bridgehead atoms. The highest BCUT2D eigenvalue weighted by Crippen LogP contribution is 2.19. The van der Waals surface area contributed by atoms with Crippen molar-refractivity contribution in [2.24, 2.45) is 5.41 Å². The Morgan fingerprint density at radius 1 is 1.21 bits per heavy atom. The molecule has 24 heavy (non-hydrogen) atoms. The second kappa shape index (κ2) is 9.34. The van der Waals surface area contributed by atoms with Crippen LogP contribution in [0, 0.1) is 11.2 Å². The predicted molar refractivity (Wildman–Crippen MR) is 87.6 cm³/mol. The van der Waals surface area contributed by atoms with Gasteiger partial charge in [0.25, 0.3) is 0 Å². The fraction of sp³-hybridized carbons (Fsp3) is 0.529. The van der Waals surface area contributed by atoms with E-state index in [-0.39, 0.29) is 37.8 Å². The summed E-state index contributed by atoms with van der Waals surface area (Å²) in [5.74, 6) is -1.18. The van der Waals surface area contributed by atoms with Gasteiger partial charge in [-0.1, -0.05) is 32.0 Å². The largest absolute Gasteiger partial charge is 0.396 e. The van der Waals surface area contributed by atoms with E-state index in [2.05, 4.69) is 10.6 Å². The smallest absolute Gasteiger partial charge is 0.249 e. The molecule has 6 nitrogen and oxygen atoms in total. The average Bonchev–Trinajstić information content (AvgIpc) is 2.57. The molecule has 7 heteroatoms. The van der Waals surface area contributed by atoms with E-state index in [0.29, 0.717) is 12.0 Å². The third kappa shape index (κ3) is 6.25. The number of carbonyl (C=O) groups excluding carboxylic acids is 2. The summed E-state index contributed by atoms with van der Waals surface area (Å²) in [4.78, 5) is 23.4. The Labute approximate surface area is 141 Å². The van der Waals surface area contributed by atoms with Gasteiger partial charge >= 0.3 is 0 Å². The molecule has 0 spiro atoms. The molecule has 0 unspecified atom stereocenters. The van der Waals surface area contributed by atoms with Crippen LogP contribution in [-0.4, -0.2) is 47.8 Å². The van der Waals surface area contributed by atoms with Crippen molar-refractivity contribution in [2.45, 2.75) is 32.8 Å². The summed E-state index contributed by atoms with van der Waals surface area (Å²) in [5.41, 5.74) is -0.456. The van der Waals surface area contributed by atoms with Gasteiger partial charge in [0.1, 0.15) is 11.9 Å². The van der Waals surface area contributed by atoms with Gasteiger partial charge in [0.15, 0.2) is 0 Å². The molecule has 1 rings (SSSR count). The fourth-order valence-electron chi connectivity index (χ4n) is 1.96. The normalized spacial score (nSPS) is 12.5. The van der Waals surface area contributed by atoms with Crippen molar-refractivity contribution in [1.82, 2.24) is 10.6 Å². The quantitative estimate of drug-likeness (QED) is 0.488. The number of amides is 2. The number of aliphatic hydroxyl groups is 2. The Morgan fingerprint density at radius 2 is 1.83 bits per heavy atom. The summed E-state index contributed by atoms with van der Waals surface area (Å²) in [6.07, 6.45) is -0.886. The summed E-state index contributed by atoms with van der Waals surface area (Å²) >= 11 is 0. The highest BCUT2D eigenvalue weighted by molar-refractivity contribution is 5.81. The molecule has 0 saturated heterocycles. The number of nitrogens with one attached hydrogen (secondary N) is 2. The molecular weight excluding hydrogens is 315 g/mol. The molecule has 0 aliphatic rings. The average molecular weight is 340 g/mol. The Kier molecular flexibility index (Phi) is 7.81. The Balaban J connectivity index is 2.24. The zero-order valence-electron chi connectivity index (χ0n) is 14.0. The summed E-state index contributed by atoms with van der Waals surface area (Å²) in [6.45, 7) is 3.18. The molecule has 0 aromatic heterocycles. The zero-order valence-corrected chi connectivity index (χ0v) is 14.0. The van der Waals surface area contributed by atoms with Gasteiger partial charge in [-0.05, 0) is 18.1 Å². The summed E-state index contributed by atoms with van der Waals surface area (Å²) in [7, 11) is 0. The number of aliphatic hydroxyl groups excluding tert-OH is 2. The van der Waals surface area contributed by atoms with Crippen LogP contribution in [-0.2, 0) is 16.0 Å². The number of aryl methyl sites for hydroxylation is 1. The maximum Gasteiger partial charge on any atom is 0.249 e. The van der Waals surface area contributed by atoms with Crippen LogP contribution >= 0.6 is 0 Å². The lowest BCUT2D eigenvalue weighted by atomic mass is 9.87. The number of rotatable bonds is 9. The first-order valence-electron chi connectivity index (χ1n) is 7.84. The first-order valence-corrected chi connectivity index (χ1v) is 7.84. The SMILES string of the molecule is CC(C)(CO)[C@@H](O)C(=O)NCCNC(=O)CCc1ccccc1F. The minimum atomic E-state index is -1.33. The predicted octanol–water partition coefficient (Wildman–Crippen LogP) is 0.370. The van der Waals surface area contributed by atoms with E-state index in [0.717, 1.165) is 0 Å². The first kappa shape index (κ1) is 20.1. The second-order valence-corrected chi connectivity index (χ2v) is 6.28. The highest BCUT2D eigenvalue weighted by Gasteiger charge is 2.32. The molecule has 134 valence electrons. The van der Waals surface area contributed by atoms with Crippen LogP contribution in [0.3, 0.4) is 0 Å². The molecule has 1 atom stereocenters. The van der Waals surface area contributed by atoms with Crippen molar-refractivity contribution in [3.05, 3.63) is 35.6 Å². The minimum Gasteiger partial charge on any atom is -0.396 e. The monoisotopic (exact) mass is 340 g/mol. The van der Waals surface area contributed by atoms with Crippen molar-refractivity contribution < 1.29 is 24.2 Å². The third-order valence-corrected chi connectivity index (χ3v) is 3.72. The molecule has 0 aliphatic heterocycles. The maximum atomic E-state index is 13.4. The second-order valence-electron chi connectivity index (χ2n) is 6.28. The number of benzene rings is 1. The van der Waals surface area contributed by atoms with Gasteiger partial charge in [-0.3, -0.25) is 9.59 Å². The van der Waals surface area contributed by atoms with E-state index in [1.54, 1.807) is 32.0 Å². The number of halogens is 1. The molecular formula is C17H25FN2O4. The van der Waals surface area contributed by atoms with Crippen LogP contribution in [0.2, 0.25) is 0 Å². The van der Waals surface area contributed by atoms with E-state index >= 15 is 0 Å². The van der Waals surface area contributed by atoms with Gasteiger partial charge in [0, 0.05) is 24.9 Å². The van der Waals surface area contributed by atoms with E-state index in [1.165, 1.54) is 6.07 Å². The lowest BCUT2D eigenvalue weighted by Crippen LogP contribution is -2.47. The van der Waals surface area contributed by atoms with Gasteiger partial charge in [-0.25, -0.2) is 4.39 Å². The van der Waals surface area contributed by atoms with E-state index in [9.17, 15) is 19.1 Å². The van der Waals surface area contributed by atoms with Crippen LogP contribution in [0.25, 0.3) is 0 Å². The Hall–Kier alpha value is -1.99. The molecule has 0 radical (unpaired) electrons. The van der Waals surface area contributed by atoms with Crippen LogP contribution in [0.5, 0.6) is 0 Å². The van der Waals surface area contributed by atoms with Crippen molar-refractivity contribution in [2.75, 3.05) is 19.7 Å². The van der Waals surface area contributed by atoms with Gasteiger partial charge in [0.05, 0.1) is 6.61 Å². The number of hydrogen-bond acceptors (Lipinski definition) is 4. The highest BCUT2D eigenvalue weighted by atomic mass is 19.1.